The quantitative estimate of drug-likeness (QED) is 0.498. The van der Waals surface area contributed by atoms with Gasteiger partial charge in [0.1, 0.15) is 5.75 Å². The number of carbonyl (C=O) groups is 1. The van der Waals surface area contributed by atoms with Crippen LogP contribution in [-0.4, -0.2) is 22.8 Å². The maximum absolute atomic E-state index is 12.5. The van der Waals surface area contributed by atoms with E-state index in [2.05, 4.69) is 27.9 Å². The van der Waals surface area contributed by atoms with E-state index in [0.717, 1.165) is 39.6 Å². The van der Waals surface area contributed by atoms with Gasteiger partial charge in [0.05, 0.1) is 17.7 Å². The number of rotatable bonds is 4. The number of methoxy groups -OCH3 is 1. The van der Waals surface area contributed by atoms with Crippen molar-refractivity contribution in [2.75, 3.05) is 7.11 Å². The zero-order valence-electron chi connectivity index (χ0n) is 17.7. The van der Waals surface area contributed by atoms with Crippen LogP contribution in [0.1, 0.15) is 22.5 Å². The second-order valence-corrected chi connectivity index (χ2v) is 8.66. The normalized spacial score (nSPS) is 16.2. The van der Waals surface area contributed by atoms with Gasteiger partial charge in [-0.2, -0.15) is 0 Å². The number of hydrogen-bond donors (Lipinski definition) is 1. The van der Waals surface area contributed by atoms with E-state index in [4.69, 9.17) is 16.3 Å². The van der Waals surface area contributed by atoms with Crippen LogP contribution in [0.2, 0.25) is 5.02 Å². The fourth-order valence-corrected chi connectivity index (χ4v) is 4.51. The number of halogens is 1. The molecule has 3 aromatic rings. The Morgan fingerprint density at radius 3 is 2.58 bits per heavy atom. The van der Waals surface area contributed by atoms with Crippen LogP contribution < -0.4 is 10.1 Å². The third kappa shape index (κ3) is 4.27. The maximum atomic E-state index is 12.5. The number of nitrogens with one attached hydrogen (secondary N) is 1. The molecule has 0 atom stereocenters. The second-order valence-electron chi connectivity index (χ2n) is 7.23. The van der Waals surface area contributed by atoms with Gasteiger partial charge in [-0.15, -0.1) is 0 Å². The molecule has 0 spiro atoms. The molecule has 0 saturated carbocycles. The fourth-order valence-electron chi connectivity index (χ4n) is 3.51. The highest BCUT2D eigenvalue weighted by Gasteiger charge is 2.25. The second kappa shape index (κ2) is 8.65. The molecule has 7 heteroatoms. The Hall–Kier alpha value is -2.96. The number of benzene rings is 2. The Kier molecular flexibility index (Phi) is 5.94. The third-order valence-corrected chi connectivity index (χ3v) is 6.52. The van der Waals surface area contributed by atoms with Crippen LogP contribution in [0.25, 0.3) is 11.8 Å². The molecule has 1 saturated heterocycles. The number of hydrogen-bond acceptors (Lipinski definition) is 4. The number of ether oxygens (including phenoxy) is 1. The number of carbonyl (C=O) groups excluding carboxylic acids is 1. The van der Waals surface area contributed by atoms with Crippen LogP contribution in [0.5, 0.6) is 5.75 Å². The Balaban J connectivity index is 1.64. The fraction of sp³-hybridized carbons (Fsp3) is 0.167. The molecule has 31 heavy (non-hydrogen) atoms. The molecule has 1 amide bonds. The molecular formula is C24H22ClN3O2S. The molecule has 1 aliphatic heterocycles. The molecule has 1 fully saturated rings. The summed E-state index contributed by atoms with van der Waals surface area (Å²) in [5.41, 5.74) is 5.80. The number of thioether (sulfide) groups is 1. The van der Waals surface area contributed by atoms with Gasteiger partial charge in [0.2, 0.25) is 0 Å². The van der Waals surface area contributed by atoms with Gasteiger partial charge in [-0.1, -0.05) is 17.7 Å². The Bertz CT molecular complexity index is 1230. The van der Waals surface area contributed by atoms with E-state index in [-0.39, 0.29) is 5.91 Å². The minimum absolute atomic E-state index is 0.155. The molecule has 4 rings (SSSR count). The molecule has 0 unspecified atom stereocenters. The summed E-state index contributed by atoms with van der Waals surface area (Å²) in [5.74, 6) is 0.659. The lowest BCUT2D eigenvalue weighted by atomic mass is 10.2. The molecule has 2 heterocycles. The Labute approximate surface area is 190 Å². The van der Waals surface area contributed by atoms with Crippen molar-refractivity contribution in [2.24, 2.45) is 4.99 Å². The van der Waals surface area contributed by atoms with Gasteiger partial charge < -0.3 is 14.6 Å². The predicted octanol–water partition coefficient (Wildman–Crippen LogP) is 5.96. The first-order chi connectivity index (χ1) is 14.9. The molecule has 0 aliphatic carbocycles. The third-order valence-electron chi connectivity index (χ3n) is 5.20. The number of aromatic nitrogens is 1. The molecule has 5 nitrogen and oxygen atoms in total. The highest BCUT2D eigenvalue weighted by atomic mass is 35.5. The molecular weight excluding hydrogens is 430 g/mol. The summed E-state index contributed by atoms with van der Waals surface area (Å²) in [6.07, 6.45) is 1.91. The predicted molar refractivity (Wildman–Crippen MR) is 129 cm³/mol. The van der Waals surface area contributed by atoms with Crippen LogP contribution in [-0.2, 0) is 4.79 Å². The Morgan fingerprint density at radius 1 is 1.13 bits per heavy atom. The van der Waals surface area contributed by atoms with E-state index in [1.54, 1.807) is 7.11 Å². The summed E-state index contributed by atoms with van der Waals surface area (Å²) in [7, 11) is 1.65. The van der Waals surface area contributed by atoms with Crippen LogP contribution in [0.3, 0.4) is 0 Å². The van der Waals surface area contributed by atoms with E-state index < -0.39 is 0 Å². The lowest BCUT2D eigenvalue weighted by Gasteiger charge is -2.10. The van der Waals surface area contributed by atoms with Crippen molar-refractivity contribution in [1.29, 1.82) is 0 Å². The van der Waals surface area contributed by atoms with E-state index >= 15 is 0 Å². The van der Waals surface area contributed by atoms with Gasteiger partial charge in [-0.25, -0.2) is 4.99 Å². The van der Waals surface area contributed by atoms with Crippen molar-refractivity contribution in [2.45, 2.75) is 20.8 Å². The van der Waals surface area contributed by atoms with Crippen LogP contribution in [0, 0.1) is 20.8 Å². The monoisotopic (exact) mass is 451 g/mol. The molecule has 0 radical (unpaired) electrons. The lowest BCUT2D eigenvalue weighted by Crippen LogP contribution is -2.19. The molecule has 2 aromatic carbocycles. The van der Waals surface area contributed by atoms with Crippen molar-refractivity contribution in [3.63, 3.8) is 0 Å². The topological polar surface area (TPSA) is 55.6 Å². The number of amidine groups is 1. The van der Waals surface area contributed by atoms with Crippen molar-refractivity contribution in [3.8, 4) is 11.4 Å². The van der Waals surface area contributed by atoms with Gasteiger partial charge >= 0.3 is 0 Å². The zero-order valence-corrected chi connectivity index (χ0v) is 19.3. The van der Waals surface area contributed by atoms with Crippen LogP contribution in [0.4, 0.5) is 5.69 Å². The van der Waals surface area contributed by atoms with E-state index in [1.165, 1.54) is 11.8 Å². The summed E-state index contributed by atoms with van der Waals surface area (Å²) in [6, 6.07) is 15.5. The van der Waals surface area contributed by atoms with E-state index in [1.807, 2.05) is 62.4 Å². The first-order valence-electron chi connectivity index (χ1n) is 9.75. The molecule has 158 valence electrons. The summed E-state index contributed by atoms with van der Waals surface area (Å²) in [6.45, 7) is 6.01. The molecule has 1 aliphatic rings. The standard InChI is InChI=1S/C24H22ClN3O2S/c1-14-12-17(16(3)28(14)18-8-10-19(30-4)11-9-18)13-22-23(29)27-24(31-22)26-21-7-5-6-20(25)15(21)2/h5-13H,1-4H3,(H,26,27,29)/b22-13-. The lowest BCUT2D eigenvalue weighted by molar-refractivity contribution is -0.115. The van der Waals surface area contributed by atoms with Crippen molar-refractivity contribution < 1.29 is 9.53 Å². The number of aliphatic imine (C=N–C) groups is 1. The largest absolute Gasteiger partial charge is 0.497 e. The number of nitrogens with zero attached hydrogens (tertiary/aromatic N) is 2. The molecule has 1 aromatic heterocycles. The maximum Gasteiger partial charge on any atom is 0.264 e. The highest BCUT2D eigenvalue weighted by Crippen LogP contribution is 2.32. The number of aryl methyl sites for hydroxylation is 1. The van der Waals surface area contributed by atoms with Gasteiger partial charge in [-0.3, -0.25) is 4.79 Å². The SMILES string of the molecule is COc1ccc(-n2c(C)cc(/C=C3\SC(=Nc4cccc(Cl)c4C)NC3=O)c2C)cc1. The zero-order chi connectivity index (χ0) is 22.1. The number of amides is 1. The van der Waals surface area contributed by atoms with Crippen LogP contribution >= 0.6 is 23.4 Å². The van der Waals surface area contributed by atoms with Crippen molar-refractivity contribution >= 4 is 46.2 Å². The van der Waals surface area contributed by atoms with Gasteiger partial charge in [0.15, 0.2) is 5.17 Å². The minimum Gasteiger partial charge on any atom is -0.497 e. The highest BCUT2D eigenvalue weighted by molar-refractivity contribution is 8.18. The van der Waals surface area contributed by atoms with Gasteiger partial charge in [-0.05, 0) is 92.2 Å². The first kappa shape index (κ1) is 21.3. The average molecular weight is 452 g/mol. The summed E-state index contributed by atoms with van der Waals surface area (Å²) >= 11 is 7.51. The average Bonchev–Trinajstić information content (AvgIpc) is 3.24. The van der Waals surface area contributed by atoms with Gasteiger partial charge in [0.25, 0.3) is 5.91 Å². The molecule has 1 N–H and O–H groups in total. The smallest absolute Gasteiger partial charge is 0.264 e. The summed E-state index contributed by atoms with van der Waals surface area (Å²) < 4.78 is 7.41. The minimum atomic E-state index is -0.155. The van der Waals surface area contributed by atoms with Crippen molar-refractivity contribution in [1.82, 2.24) is 9.88 Å². The first-order valence-corrected chi connectivity index (χ1v) is 10.9. The van der Waals surface area contributed by atoms with E-state index in [0.29, 0.717) is 15.1 Å². The van der Waals surface area contributed by atoms with Gasteiger partial charge in [0, 0.05) is 22.1 Å². The Morgan fingerprint density at radius 2 is 1.87 bits per heavy atom. The van der Waals surface area contributed by atoms with E-state index in [9.17, 15) is 4.79 Å². The molecule has 0 bridgehead atoms. The summed E-state index contributed by atoms with van der Waals surface area (Å²) in [5, 5.41) is 4.04. The van der Waals surface area contributed by atoms with Crippen LogP contribution in [0.15, 0.2) is 58.4 Å². The van der Waals surface area contributed by atoms with Crippen molar-refractivity contribution in [3.05, 3.63) is 81.0 Å². The summed E-state index contributed by atoms with van der Waals surface area (Å²) in [4.78, 5) is 17.7.